The van der Waals surface area contributed by atoms with E-state index in [0.29, 0.717) is 5.76 Å². The molecule has 0 bridgehead atoms. The Morgan fingerprint density at radius 3 is 2.61 bits per heavy atom. The molecular formula is C14H15NO3. The van der Waals surface area contributed by atoms with Gasteiger partial charge in [-0.05, 0) is 26.3 Å². The fourth-order valence-corrected chi connectivity index (χ4v) is 1.85. The van der Waals surface area contributed by atoms with E-state index in [-0.39, 0.29) is 5.69 Å². The lowest BCUT2D eigenvalue weighted by Gasteiger charge is -2.22. The topological polar surface area (TPSA) is 63.3 Å². The zero-order valence-corrected chi connectivity index (χ0v) is 10.6. The molecule has 0 aliphatic heterocycles. The van der Waals surface area contributed by atoms with Gasteiger partial charge in [0.1, 0.15) is 5.76 Å². The van der Waals surface area contributed by atoms with Gasteiger partial charge in [0.2, 0.25) is 0 Å². The summed E-state index contributed by atoms with van der Waals surface area (Å²) < 4.78 is 5.15. The predicted octanol–water partition coefficient (Wildman–Crippen LogP) is 3.01. The van der Waals surface area contributed by atoms with Crippen LogP contribution in [0.3, 0.4) is 0 Å². The van der Waals surface area contributed by atoms with E-state index in [1.807, 2.05) is 39.0 Å². The fraction of sp³-hybridized carbons (Fsp3) is 0.286. The monoisotopic (exact) mass is 245 g/mol. The molecule has 0 aliphatic carbocycles. The third-order valence-corrected chi connectivity index (χ3v) is 3.09. The van der Waals surface area contributed by atoms with E-state index >= 15 is 0 Å². The number of nitrogens with zero attached hydrogens (tertiary/aromatic N) is 1. The van der Waals surface area contributed by atoms with Crippen LogP contribution in [0.25, 0.3) is 0 Å². The van der Waals surface area contributed by atoms with Crippen LogP contribution in [0.1, 0.15) is 41.2 Å². The van der Waals surface area contributed by atoms with Gasteiger partial charge >= 0.3 is 5.97 Å². The lowest BCUT2D eigenvalue weighted by molar-refractivity contribution is 0.0685. The Hall–Kier alpha value is -2.10. The van der Waals surface area contributed by atoms with Crippen LogP contribution in [0.5, 0.6) is 0 Å². The molecule has 1 aromatic carbocycles. The lowest BCUT2D eigenvalue weighted by Crippen LogP contribution is -2.18. The van der Waals surface area contributed by atoms with Crippen LogP contribution >= 0.6 is 0 Å². The number of rotatable bonds is 3. The van der Waals surface area contributed by atoms with Gasteiger partial charge in [0.25, 0.3) is 0 Å². The van der Waals surface area contributed by atoms with Crippen molar-refractivity contribution in [3.63, 3.8) is 0 Å². The van der Waals surface area contributed by atoms with Gasteiger partial charge in [-0.25, -0.2) is 4.79 Å². The smallest absolute Gasteiger partial charge is 0.358 e. The Kier molecular flexibility index (Phi) is 2.95. The molecule has 0 radical (unpaired) electrons. The van der Waals surface area contributed by atoms with E-state index < -0.39 is 11.4 Å². The molecule has 0 amide bonds. The number of benzene rings is 1. The summed E-state index contributed by atoms with van der Waals surface area (Å²) in [6.07, 6.45) is 0. The summed E-state index contributed by atoms with van der Waals surface area (Å²) in [5, 5.41) is 12.4. The highest BCUT2D eigenvalue weighted by atomic mass is 16.5. The molecule has 2 rings (SSSR count). The van der Waals surface area contributed by atoms with E-state index in [4.69, 9.17) is 9.63 Å². The third kappa shape index (κ3) is 2.14. The molecule has 0 unspecified atom stereocenters. The molecule has 0 saturated heterocycles. The number of carboxylic acids is 1. The number of aryl methyl sites for hydroxylation is 1. The molecule has 0 saturated carbocycles. The SMILES string of the molecule is Cc1cccc(C(C)(C)c2cc(C(=O)O)no2)c1. The molecule has 4 heteroatoms. The molecule has 2 aromatic rings. The van der Waals surface area contributed by atoms with Crippen molar-refractivity contribution in [2.24, 2.45) is 0 Å². The van der Waals surface area contributed by atoms with Crippen LogP contribution in [0.4, 0.5) is 0 Å². The number of aromatic nitrogens is 1. The van der Waals surface area contributed by atoms with Crippen molar-refractivity contribution in [1.29, 1.82) is 0 Å². The molecule has 18 heavy (non-hydrogen) atoms. The van der Waals surface area contributed by atoms with E-state index in [1.54, 1.807) is 0 Å². The Morgan fingerprint density at radius 2 is 2.06 bits per heavy atom. The molecule has 94 valence electrons. The fourth-order valence-electron chi connectivity index (χ4n) is 1.85. The second kappa shape index (κ2) is 4.29. The van der Waals surface area contributed by atoms with Crippen LogP contribution in [0, 0.1) is 6.92 Å². The molecule has 1 N–H and O–H groups in total. The van der Waals surface area contributed by atoms with Gasteiger partial charge in [-0.15, -0.1) is 0 Å². The van der Waals surface area contributed by atoms with Gasteiger partial charge < -0.3 is 9.63 Å². The Labute approximate surface area is 105 Å². The second-order valence-electron chi connectivity index (χ2n) is 4.88. The zero-order chi connectivity index (χ0) is 13.3. The highest BCUT2D eigenvalue weighted by Crippen LogP contribution is 2.32. The summed E-state index contributed by atoms with van der Waals surface area (Å²) in [6, 6.07) is 9.52. The van der Waals surface area contributed by atoms with E-state index in [2.05, 4.69) is 11.2 Å². The van der Waals surface area contributed by atoms with Crippen molar-refractivity contribution < 1.29 is 14.4 Å². The molecule has 0 fully saturated rings. The van der Waals surface area contributed by atoms with Crippen molar-refractivity contribution in [3.05, 3.63) is 52.9 Å². The van der Waals surface area contributed by atoms with Crippen LogP contribution in [-0.4, -0.2) is 16.2 Å². The summed E-state index contributed by atoms with van der Waals surface area (Å²) in [7, 11) is 0. The van der Waals surface area contributed by atoms with Gasteiger partial charge in [-0.2, -0.15) is 0 Å². The van der Waals surface area contributed by atoms with E-state index in [9.17, 15) is 4.79 Å². The van der Waals surface area contributed by atoms with Gasteiger partial charge in [0.15, 0.2) is 5.69 Å². The molecule has 1 heterocycles. The summed E-state index contributed by atoms with van der Waals surface area (Å²) in [5.74, 6) is -0.532. The summed E-state index contributed by atoms with van der Waals surface area (Å²) in [6.45, 7) is 5.98. The van der Waals surface area contributed by atoms with Crippen LogP contribution < -0.4 is 0 Å². The average Bonchev–Trinajstić information content (AvgIpc) is 2.79. The van der Waals surface area contributed by atoms with Crippen molar-refractivity contribution in [3.8, 4) is 0 Å². The Balaban J connectivity index is 2.43. The normalized spacial score (nSPS) is 11.5. The van der Waals surface area contributed by atoms with Gasteiger partial charge in [-0.3, -0.25) is 0 Å². The average molecular weight is 245 g/mol. The van der Waals surface area contributed by atoms with Gasteiger partial charge in [0.05, 0.1) is 5.41 Å². The predicted molar refractivity (Wildman–Crippen MR) is 66.8 cm³/mol. The number of aromatic carboxylic acids is 1. The zero-order valence-electron chi connectivity index (χ0n) is 10.6. The first-order chi connectivity index (χ1) is 8.41. The first-order valence-electron chi connectivity index (χ1n) is 5.69. The summed E-state index contributed by atoms with van der Waals surface area (Å²) >= 11 is 0. The quantitative estimate of drug-likeness (QED) is 0.902. The molecule has 0 atom stereocenters. The molecule has 0 aliphatic rings. The molecule has 0 spiro atoms. The maximum atomic E-state index is 10.8. The number of carboxylic acid groups (broad SMARTS) is 1. The van der Waals surface area contributed by atoms with Crippen molar-refractivity contribution in [2.45, 2.75) is 26.2 Å². The van der Waals surface area contributed by atoms with E-state index in [1.165, 1.54) is 6.07 Å². The minimum Gasteiger partial charge on any atom is -0.476 e. The first kappa shape index (κ1) is 12.4. The molecular weight excluding hydrogens is 230 g/mol. The van der Waals surface area contributed by atoms with Gasteiger partial charge in [0, 0.05) is 6.07 Å². The standard InChI is InChI=1S/C14H15NO3/c1-9-5-4-6-10(7-9)14(2,3)12-8-11(13(16)17)15-18-12/h4-8H,1-3H3,(H,16,17). The van der Waals surface area contributed by atoms with E-state index in [0.717, 1.165) is 11.1 Å². The number of hydrogen-bond acceptors (Lipinski definition) is 3. The number of hydrogen-bond donors (Lipinski definition) is 1. The number of carbonyl (C=O) groups is 1. The van der Waals surface area contributed by atoms with Gasteiger partial charge in [-0.1, -0.05) is 35.0 Å². The van der Waals surface area contributed by atoms with Crippen molar-refractivity contribution in [1.82, 2.24) is 5.16 Å². The highest BCUT2D eigenvalue weighted by molar-refractivity contribution is 5.85. The highest BCUT2D eigenvalue weighted by Gasteiger charge is 2.29. The largest absolute Gasteiger partial charge is 0.476 e. The van der Waals surface area contributed by atoms with Crippen molar-refractivity contribution >= 4 is 5.97 Å². The minimum atomic E-state index is -1.08. The third-order valence-electron chi connectivity index (χ3n) is 3.09. The van der Waals surface area contributed by atoms with Crippen LogP contribution in [0.15, 0.2) is 34.9 Å². The minimum absolute atomic E-state index is 0.0641. The van der Waals surface area contributed by atoms with Crippen LogP contribution in [-0.2, 0) is 5.41 Å². The second-order valence-corrected chi connectivity index (χ2v) is 4.88. The Bertz CT molecular complexity index is 584. The Morgan fingerprint density at radius 1 is 1.33 bits per heavy atom. The lowest BCUT2D eigenvalue weighted by atomic mass is 9.81. The van der Waals surface area contributed by atoms with Crippen LogP contribution in [0.2, 0.25) is 0 Å². The maximum Gasteiger partial charge on any atom is 0.358 e. The molecule has 1 aromatic heterocycles. The van der Waals surface area contributed by atoms with Crippen molar-refractivity contribution in [2.75, 3.05) is 0 Å². The first-order valence-corrected chi connectivity index (χ1v) is 5.69. The summed E-state index contributed by atoms with van der Waals surface area (Å²) in [5.41, 5.74) is 1.74. The molecule has 4 nitrogen and oxygen atoms in total. The summed E-state index contributed by atoms with van der Waals surface area (Å²) in [4.78, 5) is 10.8. The maximum absolute atomic E-state index is 10.8.